The van der Waals surface area contributed by atoms with Gasteiger partial charge in [0.25, 0.3) is 5.91 Å². The lowest BCUT2D eigenvalue weighted by atomic mass is 10.2. The van der Waals surface area contributed by atoms with Crippen LogP contribution in [0.5, 0.6) is 0 Å². The van der Waals surface area contributed by atoms with Gasteiger partial charge in [0.1, 0.15) is 11.6 Å². The van der Waals surface area contributed by atoms with Crippen LogP contribution in [-0.2, 0) is 17.9 Å². The first-order valence-electron chi connectivity index (χ1n) is 9.10. The Labute approximate surface area is 175 Å². The number of halogens is 2. The lowest BCUT2D eigenvalue weighted by Gasteiger charge is -2.09. The number of hydrogen-bond acceptors (Lipinski definition) is 5. The van der Waals surface area contributed by atoms with E-state index in [2.05, 4.69) is 20.8 Å². The summed E-state index contributed by atoms with van der Waals surface area (Å²) >= 11 is 1.20. The van der Waals surface area contributed by atoms with Crippen molar-refractivity contribution in [3.63, 3.8) is 0 Å². The van der Waals surface area contributed by atoms with Crippen LogP contribution in [0.25, 0.3) is 0 Å². The topological polar surface area (TPSA) is 88.9 Å². The Morgan fingerprint density at radius 3 is 2.27 bits per heavy atom. The largest absolute Gasteiger partial charge is 0.345 e. The fraction of sp³-hybridized carbons (Fsp3) is 0.200. The number of nitrogens with one attached hydrogen (secondary N) is 2. The first-order chi connectivity index (χ1) is 14.5. The molecule has 3 aromatic rings. The quantitative estimate of drug-likeness (QED) is 0.535. The number of anilines is 1. The van der Waals surface area contributed by atoms with Crippen LogP contribution in [0.15, 0.2) is 53.7 Å². The van der Waals surface area contributed by atoms with Gasteiger partial charge in [-0.05, 0) is 55.5 Å². The molecule has 0 spiro atoms. The van der Waals surface area contributed by atoms with E-state index in [0.717, 1.165) is 0 Å². The van der Waals surface area contributed by atoms with Gasteiger partial charge in [0, 0.05) is 17.8 Å². The van der Waals surface area contributed by atoms with Gasteiger partial charge >= 0.3 is 0 Å². The average molecular weight is 431 g/mol. The van der Waals surface area contributed by atoms with Crippen molar-refractivity contribution >= 4 is 29.3 Å². The molecule has 2 aromatic carbocycles. The molecule has 30 heavy (non-hydrogen) atoms. The molecule has 0 fully saturated rings. The molecule has 0 aliphatic carbocycles. The van der Waals surface area contributed by atoms with E-state index in [1.54, 1.807) is 4.57 Å². The number of thioether (sulfide) groups is 1. The van der Waals surface area contributed by atoms with Crippen LogP contribution in [0.4, 0.5) is 14.5 Å². The molecule has 3 rings (SSSR count). The van der Waals surface area contributed by atoms with Crippen LogP contribution in [-0.4, -0.2) is 32.3 Å². The molecule has 2 amide bonds. The number of benzene rings is 2. The zero-order chi connectivity index (χ0) is 21.5. The normalized spacial score (nSPS) is 10.6. The maximum absolute atomic E-state index is 13.0. The van der Waals surface area contributed by atoms with Crippen molar-refractivity contribution in [1.29, 1.82) is 0 Å². The zero-order valence-corrected chi connectivity index (χ0v) is 16.9. The number of amides is 2. The number of hydrogen-bond donors (Lipinski definition) is 2. The van der Waals surface area contributed by atoms with Crippen molar-refractivity contribution in [2.24, 2.45) is 0 Å². The minimum absolute atomic E-state index is 0.0947. The van der Waals surface area contributed by atoms with Crippen molar-refractivity contribution in [2.45, 2.75) is 25.2 Å². The van der Waals surface area contributed by atoms with Gasteiger partial charge < -0.3 is 15.2 Å². The SMILES string of the molecule is CCn1c(CNC(=O)c2ccc(F)cc2)nnc1SCC(=O)Nc1ccc(F)cc1. The maximum atomic E-state index is 13.0. The molecule has 0 atom stereocenters. The fourth-order valence-electron chi connectivity index (χ4n) is 2.60. The second-order valence-electron chi connectivity index (χ2n) is 6.18. The van der Waals surface area contributed by atoms with Crippen LogP contribution in [0.2, 0.25) is 0 Å². The number of nitrogens with zero attached hydrogens (tertiary/aromatic N) is 3. The minimum atomic E-state index is -0.414. The summed E-state index contributed by atoms with van der Waals surface area (Å²) in [5.41, 5.74) is 0.842. The average Bonchev–Trinajstić information content (AvgIpc) is 3.14. The predicted octanol–water partition coefficient (Wildman–Crippen LogP) is 3.24. The number of carbonyl (C=O) groups is 2. The molecule has 1 aromatic heterocycles. The molecule has 0 radical (unpaired) electrons. The highest BCUT2D eigenvalue weighted by molar-refractivity contribution is 7.99. The first-order valence-corrected chi connectivity index (χ1v) is 10.1. The van der Waals surface area contributed by atoms with Gasteiger partial charge in [0.15, 0.2) is 11.0 Å². The molecule has 0 aliphatic rings. The molecular weight excluding hydrogens is 412 g/mol. The predicted molar refractivity (Wildman–Crippen MR) is 109 cm³/mol. The highest BCUT2D eigenvalue weighted by Gasteiger charge is 2.14. The van der Waals surface area contributed by atoms with E-state index >= 15 is 0 Å². The summed E-state index contributed by atoms with van der Waals surface area (Å²) in [7, 11) is 0. The molecule has 156 valence electrons. The number of rotatable bonds is 8. The fourth-order valence-corrected chi connectivity index (χ4v) is 3.42. The zero-order valence-electron chi connectivity index (χ0n) is 16.1. The van der Waals surface area contributed by atoms with Gasteiger partial charge in [-0.1, -0.05) is 11.8 Å². The lowest BCUT2D eigenvalue weighted by molar-refractivity contribution is -0.113. The van der Waals surface area contributed by atoms with Crippen LogP contribution >= 0.6 is 11.8 Å². The monoisotopic (exact) mass is 431 g/mol. The van der Waals surface area contributed by atoms with Crippen LogP contribution in [0.1, 0.15) is 23.1 Å². The van der Waals surface area contributed by atoms with Gasteiger partial charge in [-0.25, -0.2) is 8.78 Å². The number of carbonyl (C=O) groups excluding carboxylic acids is 2. The van der Waals surface area contributed by atoms with Gasteiger partial charge in [0.2, 0.25) is 5.91 Å². The lowest BCUT2D eigenvalue weighted by Crippen LogP contribution is -2.24. The highest BCUT2D eigenvalue weighted by atomic mass is 32.2. The Morgan fingerprint density at radius 1 is 1.00 bits per heavy atom. The Morgan fingerprint density at radius 2 is 1.63 bits per heavy atom. The van der Waals surface area contributed by atoms with E-state index in [0.29, 0.717) is 28.8 Å². The van der Waals surface area contributed by atoms with Crippen molar-refractivity contribution < 1.29 is 18.4 Å². The minimum Gasteiger partial charge on any atom is -0.345 e. The highest BCUT2D eigenvalue weighted by Crippen LogP contribution is 2.18. The standard InChI is InChI=1S/C20H19F2N5O2S/c1-2-27-17(11-23-19(29)13-3-5-14(21)6-4-13)25-26-20(27)30-12-18(28)24-16-9-7-15(22)8-10-16/h3-10H,2,11-12H2,1H3,(H,23,29)(H,24,28). The second kappa shape index (κ2) is 9.97. The summed E-state index contributed by atoms with van der Waals surface area (Å²) in [6.45, 7) is 2.59. The summed E-state index contributed by atoms with van der Waals surface area (Å²) in [4.78, 5) is 24.3. The third kappa shape index (κ3) is 5.63. The summed E-state index contributed by atoms with van der Waals surface area (Å²) in [6.07, 6.45) is 0. The van der Waals surface area contributed by atoms with Crippen molar-refractivity contribution in [3.05, 3.63) is 71.6 Å². The van der Waals surface area contributed by atoms with E-state index in [-0.39, 0.29) is 29.9 Å². The molecule has 0 saturated carbocycles. The van der Waals surface area contributed by atoms with E-state index in [9.17, 15) is 18.4 Å². The maximum Gasteiger partial charge on any atom is 0.251 e. The smallest absolute Gasteiger partial charge is 0.251 e. The second-order valence-corrected chi connectivity index (χ2v) is 7.12. The Kier molecular flexibility index (Phi) is 7.12. The molecule has 0 saturated heterocycles. The molecule has 10 heteroatoms. The van der Waals surface area contributed by atoms with Gasteiger partial charge in [-0.2, -0.15) is 0 Å². The molecule has 0 unspecified atom stereocenters. The molecular formula is C20H19F2N5O2S. The summed E-state index contributed by atoms with van der Waals surface area (Å²) in [5.74, 6) is -0.775. The van der Waals surface area contributed by atoms with Crippen molar-refractivity contribution in [1.82, 2.24) is 20.1 Å². The summed E-state index contributed by atoms with van der Waals surface area (Å²) in [6, 6.07) is 10.7. The molecule has 7 nitrogen and oxygen atoms in total. The molecule has 0 bridgehead atoms. The van der Waals surface area contributed by atoms with Crippen LogP contribution < -0.4 is 10.6 Å². The Balaban J connectivity index is 1.55. The summed E-state index contributed by atoms with van der Waals surface area (Å²) in [5, 5.41) is 14.1. The van der Waals surface area contributed by atoms with Gasteiger partial charge in [-0.15, -0.1) is 10.2 Å². The van der Waals surface area contributed by atoms with Crippen LogP contribution in [0.3, 0.4) is 0 Å². The van der Waals surface area contributed by atoms with Gasteiger partial charge in [-0.3, -0.25) is 9.59 Å². The summed E-state index contributed by atoms with van der Waals surface area (Å²) < 4.78 is 27.7. The molecule has 1 heterocycles. The van der Waals surface area contributed by atoms with E-state index in [4.69, 9.17) is 0 Å². The van der Waals surface area contributed by atoms with Crippen LogP contribution in [0, 0.1) is 11.6 Å². The van der Waals surface area contributed by atoms with E-state index < -0.39 is 5.82 Å². The third-order valence-corrected chi connectivity index (χ3v) is 5.05. The van der Waals surface area contributed by atoms with Gasteiger partial charge in [0.05, 0.1) is 12.3 Å². The molecule has 2 N–H and O–H groups in total. The molecule has 0 aliphatic heterocycles. The Bertz CT molecular complexity index is 1020. The van der Waals surface area contributed by atoms with Crippen molar-refractivity contribution in [3.8, 4) is 0 Å². The van der Waals surface area contributed by atoms with E-state index in [1.807, 2.05) is 6.92 Å². The first kappa shape index (κ1) is 21.4. The third-order valence-electron chi connectivity index (χ3n) is 4.08. The van der Waals surface area contributed by atoms with Crippen molar-refractivity contribution in [2.75, 3.05) is 11.1 Å². The number of aromatic nitrogens is 3. The Hall–Kier alpha value is -3.27. The van der Waals surface area contributed by atoms with E-state index in [1.165, 1.54) is 60.3 Å².